The molecule has 5 heteroatoms. The summed E-state index contributed by atoms with van der Waals surface area (Å²) in [6.45, 7) is 8.89. The zero-order chi connectivity index (χ0) is 15.8. The molecule has 2 aliphatic rings. The van der Waals surface area contributed by atoms with Crippen molar-refractivity contribution in [3.8, 4) is 0 Å². The van der Waals surface area contributed by atoms with Crippen LogP contribution >= 0.6 is 0 Å². The average Bonchev–Trinajstić information content (AvgIpc) is 2.81. The molecule has 1 atom stereocenters. The van der Waals surface area contributed by atoms with Crippen molar-refractivity contribution in [2.75, 3.05) is 20.1 Å². The highest BCUT2D eigenvalue weighted by atomic mass is 16.6. The molecule has 2 rings (SSSR count). The molecule has 0 aromatic heterocycles. The van der Waals surface area contributed by atoms with E-state index in [0.717, 1.165) is 25.7 Å². The van der Waals surface area contributed by atoms with Gasteiger partial charge in [-0.3, -0.25) is 4.79 Å². The van der Waals surface area contributed by atoms with Crippen LogP contribution in [-0.4, -0.2) is 53.6 Å². The predicted molar refractivity (Wildman–Crippen MR) is 80.9 cm³/mol. The summed E-state index contributed by atoms with van der Waals surface area (Å²) in [6, 6.07) is 0.113. The molecule has 1 heterocycles. The third-order valence-corrected chi connectivity index (χ3v) is 4.66. The van der Waals surface area contributed by atoms with Crippen molar-refractivity contribution in [2.24, 2.45) is 5.41 Å². The van der Waals surface area contributed by atoms with Crippen molar-refractivity contribution >= 4 is 12.0 Å². The Bertz CT molecular complexity index is 424. The van der Waals surface area contributed by atoms with Gasteiger partial charge in [-0.1, -0.05) is 13.3 Å². The highest BCUT2D eigenvalue weighted by molar-refractivity contribution is 5.83. The van der Waals surface area contributed by atoms with Crippen molar-refractivity contribution < 1.29 is 14.3 Å². The lowest BCUT2D eigenvalue weighted by molar-refractivity contribution is -0.146. The molecule has 0 N–H and O–H groups in total. The normalized spacial score (nSPS) is 24.4. The van der Waals surface area contributed by atoms with Crippen molar-refractivity contribution in [3.05, 3.63) is 0 Å². The summed E-state index contributed by atoms with van der Waals surface area (Å²) >= 11 is 0. The fourth-order valence-electron chi connectivity index (χ4n) is 3.06. The Morgan fingerprint density at radius 2 is 1.90 bits per heavy atom. The van der Waals surface area contributed by atoms with E-state index in [1.54, 1.807) is 4.90 Å². The average molecular weight is 296 g/mol. The van der Waals surface area contributed by atoms with Crippen LogP contribution in [0.25, 0.3) is 0 Å². The molecule has 0 aromatic rings. The van der Waals surface area contributed by atoms with Gasteiger partial charge in [0.05, 0.1) is 6.04 Å². The number of hydrogen-bond acceptors (Lipinski definition) is 3. The monoisotopic (exact) mass is 296 g/mol. The van der Waals surface area contributed by atoms with E-state index in [0.29, 0.717) is 13.1 Å². The van der Waals surface area contributed by atoms with E-state index in [2.05, 4.69) is 6.92 Å². The number of hydrogen-bond donors (Lipinski definition) is 0. The molecule has 1 saturated heterocycles. The summed E-state index contributed by atoms with van der Waals surface area (Å²) in [5.41, 5.74) is -0.648. The minimum atomic E-state index is -0.476. The second-order valence-electron chi connectivity index (χ2n) is 7.70. The van der Waals surface area contributed by atoms with Gasteiger partial charge in [-0.2, -0.15) is 0 Å². The molecule has 0 bridgehead atoms. The summed E-state index contributed by atoms with van der Waals surface area (Å²) in [4.78, 5) is 28.2. The minimum Gasteiger partial charge on any atom is -0.444 e. The standard InChI is InChI=1S/C16H28N2O3/c1-15(2,3)21-14(20)18-10-7-12(11-18)17(5)13(19)16(4)8-6-9-16/h12H,6-11H2,1-5H3/t12-/m0/s1. The molecular formula is C16H28N2O3. The van der Waals surface area contributed by atoms with E-state index in [1.807, 2.05) is 32.7 Å². The fraction of sp³-hybridized carbons (Fsp3) is 0.875. The molecule has 1 aliphatic heterocycles. The zero-order valence-corrected chi connectivity index (χ0v) is 13.9. The molecule has 0 spiro atoms. The molecule has 2 amide bonds. The second-order valence-corrected chi connectivity index (χ2v) is 7.70. The van der Waals surface area contributed by atoms with E-state index in [9.17, 15) is 9.59 Å². The Hall–Kier alpha value is -1.26. The van der Waals surface area contributed by atoms with Crippen molar-refractivity contribution in [1.29, 1.82) is 0 Å². The van der Waals surface area contributed by atoms with Crippen molar-refractivity contribution in [1.82, 2.24) is 9.80 Å². The summed E-state index contributed by atoms with van der Waals surface area (Å²) < 4.78 is 5.39. The Kier molecular flexibility index (Phi) is 4.22. The van der Waals surface area contributed by atoms with Gasteiger partial charge >= 0.3 is 6.09 Å². The van der Waals surface area contributed by atoms with E-state index >= 15 is 0 Å². The molecule has 2 fully saturated rings. The number of amides is 2. The molecule has 0 radical (unpaired) electrons. The maximum absolute atomic E-state index is 12.5. The van der Waals surface area contributed by atoms with E-state index in [-0.39, 0.29) is 23.5 Å². The minimum absolute atomic E-state index is 0.113. The van der Waals surface area contributed by atoms with Crippen LogP contribution in [0.5, 0.6) is 0 Å². The van der Waals surface area contributed by atoms with Crippen molar-refractivity contribution in [2.45, 2.75) is 65.0 Å². The number of nitrogens with zero attached hydrogens (tertiary/aromatic N) is 2. The van der Waals surface area contributed by atoms with Gasteiger partial charge in [0.1, 0.15) is 5.60 Å². The van der Waals surface area contributed by atoms with Crippen LogP contribution in [0.1, 0.15) is 53.4 Å². The first-order valence-corrected chi connectivity index (χ1v) is 7.88. The maximum Gasteiger partial charge on any atom is 0.410 e. The van der Waals surface area contributed by atoms with Crippen LogP contribution in [0.15, 0.2) is 0 Å². The summed E-state index contributed by atoms with van der Waals surface area (Å²) in [5.74, 6) is 0.227. The van der Waals surface area contributed by atoms with Crippen LogP contribution in [0.2, 0.25) is 0 Å². The SMILES string of the molecule is CN(C(=O)C1(C)CCC1)[C@H]1CCN(C(=O)OC(C)(C)C)C1. The topological polar surface area (TPSA) is 49.9 Å². The highest BCUT2D eigenvalue weighted by Crippen LogP contribution is 2.42. The third-order valence-electron chi connectivity index (χ3n) is 4.66. The molecule has 0 aromatic carbocycles. The lowest BCUT2D eigenvalue weighted by Gasteiger charge is -2.41. The van der Waals surface area contributed by atoms with Gasteiger partial charge in [0.15, 0.2) is 0 Å². The van der Waals surface area contributed by atoms with Gasteiger partial charge in [0, 0.05) is 25.6 Å². The van der Waals surface area contributed by atoms with Gasteiger partial charge in [-0.15, -0.1) is 0 Å². The van der Waals surface area contributed by atoms with E-state index in [1.165, 1.54) is 0 Å². The number of likely N-dealkylation sites (N-methyl/N-ethyl adjacent to an activating group) is 1. The lowest BCUT2D eigenvalue weighted by atomic mass is 9.69. The van der Waals surface area contributed by atoms with Gasteiger partial charge in [-0.05, 0) is 40.0 Å². The van der Waals surface area contributed by atoms with Crippen LogP contribution in [-0.2, 0) is 9.53 Å². The van der Waals surface area contributed by atoms with Gasteiger partial charge in [0.25, 0.3) is 0 Å². The van der Waals surface area contributed by atoms with E-state index < -0.39 is 5.60 Å². The first kappa shape index (κ1) is 16.1. The maximum atomic E-state index is 12.5. The Labute approximate surface area is 127 Å². The van der Waals surface area contributed by atoms with Crippen LogP contribution < -0.4 is 0 Å². The summed E-state index contributed by atoms with van der Waals surface area (Å²) in [6.07, 6.45) is 3.67. The molecule has 1 saturated carbocycles. The predicted octanol–water partition coefficient (Wildman–Crippen LogP) is 2.64. The molecule has 5 nitrogen and oxygen atoms in total. The molecular weight excluding hydrogens is 268 g/mol. The summed E-state index contributed by atoms with van der Waals surface area (Å²) in [7, 11) is 1.87. The van der Waals surface area contributed by atoms with Gasteiger partial charge in [-0.25, -0.2) is 4.79 Å². The third kappa shape index (κ3) is 3.50. The zero-order valence-electron chi connectivity index (χ0n) is 13.9. The molecule has 0 unspecified atom stereocenters. The first-order valence-electron chi connectivity index (χ1n) is 7.88. The van der Waals surface area contributed by atoms with Crippen LogP contribution in [0.3, 0.4) is 0 Å². The Balaban J connectivity index is 1.90. The number of rotatable bonds is 2. The first-order chi connectivity index (χ1) is 9.62. The Morgan fingerprint density at radius 3 is 2.38 bits per heavy atom. The molecule has 120 valence electrons. The van der Waals surface area contributed by atoms with Crippen molar-refractivity contribution in [3.63, 3.8) is 0 Å². The van der Waals surface area contributed by atoms with Gasteiger partial charge in [0.2, 0.25) is 5.91 Å². The highest BCUT2D eigenvalue weighted by Gasteiger charge is 2.43. The lowest BCUT2D eigenvalue weighted by Crippen LogP contribution is -2.49. The molecule has 1 aliphatic carbocycles. The Morgan fingerprint density at radius 1 is 1.29 bits per heavy atom. The smallest absolute Gasteiger partial charge is 0.410 e. The fourth-order valence-corrected chi connectivity index (χ4v) is 3.06. The van der Waals surface area contributed by atoms with Gasteiger partial charge < -0.3 is 14.5 Å². The van der Waals surface area contributed by atoms with Crippen LogP contribution in [0.4, 0.5) is 4.79 Å². The second kappa shape index (κ2) is 5.50. The van der Waals surface area contributed by atoms with Crippen LogP contribution in [0, 0.1) is 5.41 Å². The number of carbonyl (C=O) groups excluding carboxylic acids is 2. The number of likely N-dealkylation sites (tertiary alicyclic amines) is 1. The largest absolute Gasteiger partial charge is 0.444 e. The summed E-state index contributed by atoms with van der Waals surface area (Å²) in [5, 5.41) is 0. The van der Waals surface area contributed by atoms with E-state index in [4.69, 9.17) is 4.74 Å². The number of carbonyl (C=O) groups is 2. The number of ether oxygens (including phenoxy) is 1. The quantitative estimate of drug-likeness (QED) is 0.787. The molecule has 21 heavy (non-hydrogen) atoms.